The lowest BCUT2D eigenvalue weighted by Gasteiger charge is -2.40. The molecule has 0 aromatic carbocycles. The van der Waals surface area contributed by atoms with Gasteiger partial charge in [-0.15, -0.1) is 0 Å². The highest BCUT2D eigenvalue weighted by Crippen LogP contribution is 2.28. The number of carbonyl (C=O) groups is 12. The molecule has 5 N–H and O–H groups in total. The molecule has 0 aromatic heterocycles. The van der Waals surface area contributed by atoms with Gasteiger partial charge in [-0.2, -0.15) is 0 Å². The van der Waals surface area contributed by atoms with Crippen molar-refractivity contribution >= 4 is 70.6 Å². The van der Waals surface area contributed by atoms with E-state index < -0.39 is 161 Å². The van der Waals surface area contributed by atoms with Crippen LogP contribution in [0.15, 0.2) is 0 Å². The number of amides is 10. The molecule has 2 aliphatic heterocycles. The van der Waals surface area contributed by atoms with E-state index in [4.69, 9.17) is 9.47 Å². The van der Waals surface area contributed by atoms with Crippen LogP contribution < -0.4 is 21.3 Å². The minimum absolute atomic E-state index is 0.0342. The Kier molecular flexibility index (Phi) is 38.0. The van der Waals surface area contributed by atoms with Crippen molar-refractivity contribution in [1.29, 1.82) is 0 Å². The van der Waals surface area contributed by atoms with Crippen LogP contribution in [0, 0.1) is 47.3 Å². The van der Waals surface area contributed by atoms with E-state index in [0.717, 1.165) is 31.0 Å². The Labute approximate surface area is 592 Å². The van der Waals surface area contributed by atoms with Gasteiger partial charge in [-0.3, -0.25) is 62.4 Å². The van der Waals surface area contributed by atoms with Crippen LogP contribution in [-0.4, -0.2) is 264 Å². The van der Waals surface area contributed by atoms with Crippen LogP contribution >= 0.6 is 0 Å². The molecule has 0 bridgehead atoms. The molecule has 26 heteroatoms. The van der Waals surface area contributed by atoms with E-state index in [1.165, 1.54) is 80.6 Å². The van der Waals surface area contributed by atoms with Crippen LogP contribution in [0.2, 0.25) is 0 Å². The fourth-order valence-corrected chi connectivity index (χ4v) is 13.2. The average Bonchev–Trinajstić information content (AvgIpc) is 0.820. The van der Waals surface area contributed by atoms with Crippen molar-refractivity contribution in [2.24, 2.45) is 47.3 Å². The second kappa shape index (κ2) is 42.3. The van der Waals surface area contributed by atoms with E-state index in [1.807, 2.05) is 55.4 Å². The van der Waals surface area contributed by atoms with Gasteiger partial charge in [0.25, 0.3) is 0 Å². The summed E-state index contributed by atoms with van der Waals surface area (Å²) >= 11 is 0. The third-order valence-electron chi connectivity index (χ3n) is 19.6. The molecule has 0 radical (unpaired) electrons. The van der Waals surface area contributed by atoms with Gasteiger partial charge in [-0.25, -0.2) is 0 Å². The molecule has 0 aromatic rings. The van der Waals surface area contributed by atoms with Crippen LogP contribution in [0.1, 0.15) is 195 Å². The summed E-state index contributed by atoms with van der Waals surface area (Å²) < 4.78 is 11.9. The number of unbranched alkanes of at least 4 members (excludes halogenated alkanes) is 1. The van der Waals surface area contributed by atoms with Crippen LogP contribution in [0.5, 0.6) is 0 Å². The molecule has 568 valence electrons. The molecule has 99 heavy (non-hydrogen) atoms. The van der Waals surface area contributed by atoms with E-state index >= 15 is 33.6 Å². The summed E-state index contributed by atoms with van der Waals surface area (Å²) in [5.74, 6) is -11.7. The number of carbonyl (C=O) groups excluding carboxylic acids is 12. The molecule has 2 rings (SSSR count). The van der Waals surface area contributed by atoms with Crippen molar-refractivity contribution in [2.75, 3.05) is 81.7 Å². The zero-order valence-electron chi connectivity index (χ0n) is 64.9. The summed E-state index contributed by atoms with van der Waals surface area (Å²) in [6.07, 6.45) is -0.768. The van der Waals surface area contributed by atoms with Gasteiger partial charge in [0.15, 0.2) is 11.6 Å². The molecular formula is C73H131N11O15. The second-order valence-corrected chi connectivity index (χ2v) is 30.5. The van der Waals surface area contributed by atoms with Gasteiger partial charge in [0.1, 0.15) is 48.3 Å². The Morgan fingerprint density at radius 2 is 1.07 bits per heavy atom. The number of aliphatic hydroxyl groups excluding tert-OH is 1. The first-order valence-corrected chi connectivity index (χ1v) is 36.5. The first-order chi connectivity index (χ1) is 46.0. The maximum absolute atomic E-state index is 15.2. The van der Waals surface area contributed by atoms with E-state index in [-0.39, 0.29) is 87.7 Å². The Hall–Kier alpha value is -6.12. The lowest BCUT2D eigenvalue weighted by atomic mass is 9.85. The summed E-state index contributed by atoms with van der Waals surface area (Å²) in [7, 11) is 8.63. The van der Waals surface area contributed by atoms with Crippen molar-refractivity contribution < 1.29 is 72.1 Å². The number of morpholine rings is 1. The van der Waals surface area contributed by atoms with E-state index in [0.29, 0.717) is 26.1 Å². The zero-order chi connectivity index (χ0) is 75.8. The van der Waals surface area contributed by atoms with Gasteiger partial charge in [0.2, 0.25) is 59.1 Å². The number of ether oxygens (including phenoxy) is 2. The van der Waals surface area contributed by atoms with Gasteiger partial charge in [-0.05, 0) is 128 Å². The molecule has 2 saturated heterocycles. The van der Waals surface area contributed by atoms with E-state index in [2.05, 4.69) is 26.2 Å². The molecular weight excluding hydrogens is 1270 g/mol. The Bertz CT molecular complexity index is 2670. The van der Waals surface area contributed by atoms with Crippen LogP contribution in [0.25, 0.3) is 0 Å². The zero-order valence-corrected chi connectivity index (χ0v) is 64.9. The van der Waals surface area contributed by atoms with E-state index in [9.17, 15) is 29.1 Å². The first-order valence-electron chi connectivity index (χ1n) is 36.5. The van der Waals surface area contributed by atoms with Gasteiger partial charge < -0.3 is 65.2 Å². The fourth-order valence-electron chi connectivity index (χ4n) is 13.2. The average molecular weight is 1400 g/mol. The Morgan fingerprint density at radius 1 is 0.556 bits per heavy atom. The predicted octanol–water partition coefficient (Wildman–Crippen LogP) is 4.70. The lowest BCUT2D eigenvalue weighted by molar-refractivity contribution is -0.154. The van der Waals surface area contributed by atoms with Crippen LogP contribution in [0.3, 0.4) is 0 Å². The predicted molar refractivity (Wildman–Crippen MR) is 381 cm³/mol. The van der Waals surface area contributed by atoms with Crippen molar-refractivity contribution in [2.45, 2.75) is 268 Å². The molecule has 0 spiro atoms. The molecule has 26 nitrogen and oxygen atoms in total. The summed E-state index contributed by atoms with van der Waals surface area (Å²) in [6, 6.07) is -11.7. The number of hydrogen-bond donors (Lipinski definition) is 5. The van der Waals surface area contributed by atoms with E-state index in [1.54, 1.807) is 55.4 Å². The smallest absolute Gasteiger partial charge is 0.245 e. The highest BCUT2D eigenvalue weighted by Gasteiger charge is 2.45. The summed E-state index contributed by atoms with van der Waals surface area (Å²) in [5.41, 5.74) is 0. The molecule has 10 amide bonds. The van der Waals surface area contributed by atoms with Crippen molar-refractivity contribution in [3.05, 3.63) is 0 Å². The number of hydrogen-bond acceptors (Lipinski definition) is 16. The summed E-state index contributed by atoms with van der Waals surface area (Å²) in [6.45, 7) is 35.3. The number of rotatable bonds is 23. The van der Waals surface area contributed by atoms with Crippen molar-refractivity contribution in [3.63, 3.8) is 0 Å². The molecule has 2 heterocycles. The Balaban J connectivity index is 3.00. The maximum atomic E-state index is 15.2. The monoisotopic (exact) mass is 1400 g/mol. The number of ketones is 2. The number of nitrogens with zero attached hydrogens (tertiary/aromatic N) is 7. The summed E-state index contributed by atoms with van der Waals surface area (Å²) in [5, 5.41) is 23.3. The molecule has 2 aliphatic rings. The van der Waals surface area contributed by atoms with Crippen LogP contribution in [0.4, 0.5) is 0 Å². The van der Waals surface area contributed by atoms with Gasteiger partial charge >= 0.3 is 0 Å². The van der Waals surface area contributed by atoms with Gasteiger partial charge in [0.05, 0.1) is 31.5 Å². The van der Waals surface area contributed by atoms with Gasteiger partial charge in [-0.1, -0.05) is 90.0 Å². The Morgan fingerprint density at radius 3 is 1.59 bits per heavy atom. The SMILES string of the molecule is CC[C@@H]1NC(=O)[C@H]([C@H](O)[C@H](C)CCCC(=O)NC(C)C)NC(=O)[C@H](C(C)C)N(C)C(=O)[C@H](CC(C)C)N(C)C(=O)[C@H](CC(C)C)N(C)C(=O)[C@@H](C)NC(=O)[C@H](C)CC(=O)[C@H](CC(C)C)N(C)C(=O)[C@H](C(C)C)CC(=O)[C@H]([C@@H](C)OCCCCN2CCOCC2)N(C)C(=O)[C@@H](C)N(C)C1=O. The molecule has 0 unspecified atom stereocenters. The number of nitrogens with one attached hydrogen (secondary N) is 4. The molecule has 0 aliphatic carbocycles. The highest BCUT2D eigenvalue weighted by molar-refractivity contribution is 6.00. The normalized spacial score (nSPS) is 26.9. The quantitative estimate of drug-likeness (QED) is 0.0866. The summed E-state index contributed by atoms with van der Waals surface area (Å²) in [4.78, 5) is 186. The topological polar surface area (TPSA) is 314 Å². The number of likely N-dealkylation sites (N-methyl/N-ethyl adjacent to an activating group) is 6. The highest BCUT2D eigenvalue weighted by atomic mass is 16.5. The van der Waals surface area contributed by atoms with Gasteiger partial charge in [0, 0.05) is 99.1 Å². The minimum Gasteiger partial charge on any atom is -0.390 e. The molecule has 2 fully saturated rings. The maximum Gasteiger partial charge on any atom is 0.245 e. The fraction of sp³-hybridized carbons (Fsp3) is 0.836. The van der Waals surface area contributed by atoms with Crippen molar-refractivity contribution in [1.82, 2.24) is 55.6 Å². The third kappa shape index (κ3) is 27.0. The largest absolute Gasteiger partial charge is 0.390 e. The standard InChI is InChI=1S/C73H131N11O15/c1-25-54-71(95)78(19)51(17)69(93)83(24)63(52(18)99-34-27-26-31-84-32-35-98-36-33-84)59(86)41-53(45(8)9)70(94)79(20)55(37-42(2)3)58(85)40-49(15)65(89)75-50(16)68(92)80(21)56(38-43(4)5)72(96)81(22)57(39-44(6)7)73(97)82(23)62(46(10)11)67(91)77-61(66(90)76-54)64(88)48(14)29-28-30-60(87)74-47(12)13/h42-57,61-64,88H,25-41H2,1-24H3,(H,74,87)(H,75,89)(H,76,90)(H,77,91)/t48-,49-,50-,51-,52-,53+,54+,55+,56+,57+,61+,62+,63+,64-/m1/s1. The minimum atomic E-state index is -1.76. The number of Topliss-reactive ketones (excluding diaryl/α,β-unsaturated/α-hetero) is 2. The second-order valence-electron chi connectivity index (χ2n) is 30.5. The molecule has 0 saturated carbocycles. The van der Waals surface area contributed by atoms with Crippen LogP contribution in [-0.2, 0) is 67.0 Å². The first kappa shape index (κ1) is 89.0. The lowest BCUT2D eigenvalue weighted by Crippen LogP contribution is -2.63. The molecule has 14 atom stereocenters. The van der Waals surface area contributed by atoms with Crippen molar-refractivity contribution in [3.8, 4) is 0 Å². The third-order valence-corrected chi connectivity index (χ3v) is 19.6. The number of aliphatic hydroxyl groups is 1.